The Balaban J connectivity index is 3.15. The number of carboxylic acids is 1. The van der Waals surface area contributed by atoms with Crippen LogP contribution in [0.25, 0.3) is 0 Å². The number of nitrogens with zero attached hydrogens (tertiary/aromatic N) is 2. The molecule has 7 heteroatoms. The summed E-state index contributed by atoms with van der Waals surface area (Å²) < 4.78 is 0. The summed E-state index contributed by atoms with van der Waals surface area (Å²) in [7, 11) is 0. The maximum absolute atomic E-state index is 11.1. The summed E-state index contributed by atoms with van der Waals surface area (Å²) in [5.41, 5.74) is 11.2. The normalized spacial score (nSPS) is 10.5. The molecule has 19 heavy (non-hydrogen) atoms. The first-order chi connectivity index (χ1) is 8.81. The van der Waals surface area contributed by atoms with Crippen LogP contribution >= 0.6 is 0 Å². The molecule has 0 aromatic carbocycles. The molecule has 1 aromatic heterocycles. The first-order valence-electron chi connectivity index (χ1n) is 5.84. The highest BCUT2D eigenvalue weighted by Gasteiger charge is 2.17. The maximum atomic E-state index is 11.1. The van der Waals surface area contributed by atoms with Gasteiger partial charge in [0.2, 0.25) is 5.91 Å². The Hall–Kier alpha value is -2.31. The topological polar surface area (TPSA) is 123 Å². The molecular weight excluding hydrogens is 248 g/mol. The van der Waals surface area contributed by atoms with Crippen LogP contribution in [0.1, 0.15) is 24.3 Å². The molecule has 0 saturated heterocycles. The predicted molar refractivity (Wildman–Crippen MR) is 71.9 cm³/mol. The van der Waals surface area contributed by atoms with Gasteiger partial charge in [-0.1, -0.05) is 13.8 Å². The van der Waals surface area contributed by atoms with Crippen LogP contribution in [0.2, 0.25) is 0 Å². The van der Waals surface area contributed by atoms with E-state index in [-0.39, 0.29) is 24.0 Å². The summed E-state index contributed by atoms with van der Waals surface area (Å²) in [6, 6.07) is 2.78. The fourth-order valence-electron chi connectivity index (χ4n) is 1.69. The standard InChI is InChI=1S/C12H18N4O3/c1-7(2)5-16(6-10(14)17)11-8(13)3-4-9(15-11)12(18)19/h3-4,7H,5-6,13H2,1-2H3,(H2,14,17)(H,18,19). The Morgan fingerprint density at radius 3 is 2.53 bits per heavy atom. The molecule has 0 aliphatic rings. The number of amides is 1. The average Bonchev–Trinajstić information content (AvgIpc) is 2.27. The Morgan fingerprint density at radius 2 is 2.05 bits per heavy atom. The first-order valence-corrected chi connectivity index (χ1v) is 5.84. The van der Waals surface area contributed by atoms with Gasteiger partial charge in [0.15, 0.2) is 11.5 Å². The Bertz CT molecular complexity index is 488. The van der Waals surface area contributed by atoms with E-state index in [0.717, 1.165) is 0 Å². The molecule has 0 radical (unpaired) electrons. The predicted octanol–water partition coefficient (Wildman–Crippen LogP) is 0.310. The molecule has 1 heterocycles. The lowest BCUT2D eigenvalue weighted by Gasteiger charge is -2.25. The molecule has 1 aromatic rings. The summed E-state index contributed by atoms with van der Waals surface area (Å²) in [5.74, 6) is -1.16. The molecule has 0 atom stereocenters. The van der Waals surface area contributed by atoms with Gasteiger partial charge in [0.05, 0.1) is 12.2 Å². The number of hydrogen-bond donors (Lipinski definition) is 3. The number of nitrogens with two attached hydrogens (primary N) is 2. The second-order valence-electron chi connectivity index (χ2n) is 4.66. The lowest BCUT2D eigenvalue weighted by molar-refractivity contribution is -0.116. The zero-order valence-corrected chi connectivity index (χ0v) is 11.0. The molecule has 0 spiro atoms. The zero-order valence-electron chi connectivity index (χ0n) is 11.0. The van der Waals surface area contributed by atoms with E-state index < -0.39 is 11.9 Å². The highest BCUT2D eigenvalue weighted by atomic mass is 16.4. The molecule has 0 unspecified atom stereocenters. The highest BCUT2D eigenvalue weighted by Crippen LogP contribution is 2.21. The van der Waals surface area contributed by atoms with Gasteiger partial charge in [-0.25, -0.2) is 9.78 Å². The molecule has 1 amide bonds. The van der Waals surface area contributed by atoms with Crippen LogP contribution in [-0.2, 0) is 4.79 Å². The molecule has 0 aliphatic carbocycles. The van der Waals surface area contributed by atoms with E-state index in [2.05, 4.69) is 4.98 Å². The van der Waals surface area contributed by atoms with Crippen molar-refractivity contribution in [1.29, 1.82) is 0 Å². The minimum absolute atomic E-state index is 0.0571. The highest BCUT2D eigenvalue weighted by molar-refractivity contribution is 5.87. The summed E-state index contributed by atoms with van der Waals surface area (Å²) in [4.78, 5) is 27.6. The SMILES string of the molecule is CC(C)CN(CC(N)=O)c1nc(C(=O)O)ccc1N. The third kappa shape index (κ3) is 4.13. The van der Waals surface area contributed by atoms with Crippen molar-refractivity contribution >= 4 is 23.4 Å². The Morgan fingerprint density at radius 1 is 1.42 bits per heavy atom. The molecule has 5 N–H and O–H groups in total. The summed E-state index contributed by atoms with van der Waals surface area (Å²) in [5, 5.41) is 8.93. The van der Waals surface area contributed by atoms with Crippen LogP contribution < -0.4 is 16.4 Å². The van der Waals surface area contributed by atoms with E-state index in [1.165, 1.54) is 12.1 Å². The van der Waals surface area contributed by atoms with Crippen molar-refractivity contribution < 1.29 is 14.7 Å². The van der Waals surface area contributed by atoms with Crippen molar-refractivity contribution in [3.8, 4) is 0 Å². The third-order valence-corrected chi connectivity index (χ3v) is 2.36. The lowest BCUT2D eigenvalue weighted by atomic mass is 10.2. The van der Waals surface area contributed by atoms with E-state index in [4.69, 9.17) is 16.6 Å². The van der Waals surface area contributed by atoms with Crippen molar-refractivity contribution in [2.24, 2.45) is 11.7 Å². The quantitative estimate of drug-likeness (QED) is 0.681. The van der Waals surface area contributed by atoms with Crippen LogP contribution in [-0.4, -0.2) is 35.1 Å². The Labute approximate surface area is 111 Å². The molecule has 104 valence electrons. The third-order valence-electron chi connectivity index (χ3n) is 2.36. The number of carboxylic acid groups (broad SMARTS) is 1. The van der Waals surface area contributed by atoms with Gasteiger partial charge in [0, 0.05) is 6.54 Å². The lowest BCUT2D eigenvalue weighted by Crippen LogP contribution is -2.37. The summed E-state index contributed by atoms with van der Waals surface area (Å²) >= 11 is 0. The van der Waals surface area contributed by atoms with E-state index in [9.17, 15) is 9.59 Å². The zero-order chi connectivity index (χ0) is 14.6. The van der Waals surface area contributed by atoms with E-state index in [1.807, 2.05) is 13.8 Å². The van der Waals surface area contributed by atoms with E-state index in [0.29, 0.717) is 12.2 Å². The smallest absolute Gasteiger partial charge is 0.354 e. The molecule has 0 aliphatic heterocycles. The maximum Gasteiger partial charge on any atom is 0.354 e. The number of primary amides is 1. The second kappa shape index (κ2) is 6.03. The second-order valence-corrected chi connectivity index (χ2v) is 4.66. The van der Waals surface area contributed by atoms with E-state index >= 15 is 0 Å². The number of carbonyl (C=O) groups excluding carboxylic acids is 1. The Kier molecular flexibility index (Phi) is 4.68. The molecule has 0 fully saturated rings. The van der Waals surface area contributed by atoms with Gasteiger partial charge in [-0.15, -0.1) is 0 Å². The summed E-state index contributed by atoms with van der Waals surface area (Å²) in [6.07, 6.45) is 0. The largest absolute Gasteiger partial charge is 0.477 e. The van der Waals surface area contributed by atoms with Gasteiger partial charge in [0.25, 0.3) is 0 Å². The first kappa shape index (κ1) is 14.7. The van der Waals surface area contributed by atoms with Crippen molar-refractivity contribution in [2.75, 3.05) is 23.7 Å². The number of hydrogen-bond acceptors (Lipinski definition) is 5. The number of aromatic carboxylic acids is 1. The number of rotatable bonds is 6. The van der Waals surface area contributed by atoms with Crippen molar-refractivity contribution in [2.45, 2.75) is 13.8 Å². The number of anilines is 2. The van der Waals surface area contributed by atoms with Gasteiger partial charge in [-0.05, 0) is 18.1 Å². The van der Waals surface area contributed by atoms with Crippen molar-refractivity contribution in [1.82, 2.24) is 4.98 Å². The van der Waals surface area contributed by atoms with Crippen LogP contribution in [0.5, 0.6) is 0 Å². The van der Waals surface area contributed by atoms with Crippen LogP contribution in [0, 0.1) is 5.92 Å². The number of pyridine rings is 1. The van der Waals surface area contributed by atoms with Gasteiger partial charge in [-0.3, -0.25) is 4.79 Å². The molecule has 0 bridgehead atoms. The number of aromatic nitrogens is 1. The van der Waals surface area contributed by atoms with Crippen LogP contribution in [0.4, 0.5) is 11.5 Å². The minimum atomic E-state index is -1.15. The van der Waals surface area contributed by atoms with Crippen molar-refractivity contribution in [3.05, 3.63) is 17.8 Å². The van der Waals surface area contributed by atoms with Crippen LogP contribution in [0.3, 0.4) is 0 Å². The number of nitrogen functional groups attached to an aromatic ring is 1. The minimum Gasteiger partial charge on any atom is -0.477 e. The summed E-state index contributed by atoms with van der Waals surface area (Å²) in [6.45, 7) is 4.37. The fourth-order valence-corrected chi connectivity index (χ4v) is 1.69. The molecule has 7 nitrogen and oxygen atoms in total. The monoisotopic (exact) mass is 266 g/mol. The van der Waals surface area contributed by atoms with Gasteiger partial charge < -0.3 is 21.5 Å². The van der Waals surface area contributed by atoms with Gasteiger partial charge in [-0.2, -0.15) is 0 Å². The van der Waals surface area contributed by atoms with Gasteiger partial charge >= 0.3 is 5.97 Å². The average molecular weight is 266 g/mol. The molecular formula is C12H18N4O3. The molecule has 1 rings (SSSR count). The van der Waals surface area contributed by atoms with Gasteiger partial charge in [0.1, 0.15) is 0 Å². The number of carbonyl (C=O) groups is 2. The van der Waals surface area contributed by atoms with Crippen molar-refractivity contribution in [3.63, 3.8) is 0 Å². The fraction of sp³-hybridized carbons (Fsp3) is 0.417. The molecule has 0 saturated carbocycles. The van der Waals surface area contributed by atoms with E-state index in [1.54, 1.807) is 4.90 Å². The van der Waals surface area contributed by atoms with Crippen LogP contribution in [0.15, 0.2) is 12.1 Å².